The zero-order valence-corrected chi connectivity index (χ0v) is 10.6. The van der Waals surface area contributed by atoms with Gasteiger partial charge in [0.05, 0.1) is 10.4 Å². The zero-order chi connectivity index (χ0) is 13.8. The first-order valence-electron chi connectivity index (χ1n) is 6.02. The summed E-state index contributed by atoms with van der Waals surface area (Å²) in [4.78, 5) is 14.7. The van der Waals surface area contributed by atoms with Crippen LogP contribution in [0, 0.1) is 17.0 Å². The number of aliphatic hydroxyl groups excluding tert-OH is 1. The number of rotatable bonds is 5. The molecule has 0 saturated heterocycles. The minimum Gasteiger partial charge on any atom is -0.396 e. The summed E-state index contributed by atoms with van der Waals surface area (Å²) in [6.07, 6.45) is 0.623. The van der Waals surface area contributed by atoms with Crippen LogP contribution in [0.2, 0.25) is 0 Å². The van der Waals surface area contributed by atoms with E-state index in [1.165, 1.54) is 12.1 Å². The smallest absolute Gasteiger partial charge is 0.270 e. The largest absolute Gasteiger partial charge is 0.396 e. The number of aromatic nitrogens is 1. The molecule has 2 N–H and O–H groups in total. The molecule has 0 amide bonds. The van der Waals surface area contributed by atoms with Crippen LogP contribution in [0.25, 0.3) is 10.9 Å². The quantitative estimate of drug-likeness (QED) is 0.489. The summed E-state index contributed by atoms with van der Waals surface area (Å²) in [7, 11) is 0. The van der Waals surface area contributed by atoms with Crippen molar-refractivity contribution in [2.45, 2.75) is 13.3 Å². The number of aryl methyl sites for hydroxylation is 1. The Kier molecular flexibility index (Phi) is 3.91. The highest BCUT2D eigenvalue weighted by molar-refractivity contribution is 5.93. The van der Waals surface area contributed by atoms with Crippen LogP contribution in [0.3, 0.4) is 0 Å². The highest BCUT2D eigenvalue weighted by Crippen LogP contribution is 2.27. The van der Waals surface area contributed by atoms with Crippen LogP contribution < -0.4 is 5.32 Å². The molecule has 2 aromatic rings. The number of pyridine rings is 1. The van der Waals surface area contributed by atoms with Gasteiger partial charge in [0, 0.05) is 42.1 Å². The average Bonchev–Trinajstić information content (AvgIpc) is 2.38. The first-order chi connectivity index (χ1) is 9.11. The lowest BCUT2D eigenvalue weighted by Gasteiger charge is -2.10. The third kappa shape index (κ3) is 2.97. The van der Waals surface area contributed by atoms with E-state index in [1.807, 2.05) is 13.0 Å². The number of nitrogens with zero attached hydrogens (tertiary/aromatic N) is 2. The third-order valence-electron chi connectivity index (χ3n) is 2.78. The average molecular weight is 261 g/mol. The molecule has 0 aliphatic heterocycles. The minimum atomic E-state index is -0.420. The lowest BCUT2D eigenvalue weighted by atomic mass is 10.1. The SMILES string of the molecule is Cc1cc(NCCCO)c2cc([N+](=O)[O-])ccc2n1. The van der Waals surface area contributed by atoms with Gasteiger partial charge < -0.3 is 10.4 Å². The molecule has 1 heterocycles. The van der Waals surface area contributed by atoms with Gasteiger partial charge in [0.25, 0.3) is 5.69 Å². The van der Waals surface area contributed by atoms with Crippen molar-refractivity contribution in [2.24, 2.45) is 0 Å². The van der Waals surface area contributed by atoms with E-state index in [0.717, 1.165) is 22.3 Å². The second-order valence-corrected chi connectivity index (χ2v) is 4.27. The van der Waals surface area contributed by atoms with E-state index in [2.05, 4.69) is 10.3 Å². The lowest BCUT2D eigenvalue weighted by Crippen LogP contribution is -2.05. The number of nitro groups is 1. The Bertz CT molecular complexity index is 613. The Balaban J connectivity index is 2.46. The van der Waals surface area contributed by atoms with Crippen LogP contribution in [0.15, 0.2) is 24.3 Å². The normalized spacial score (nSPS) is 10.6. The second-order valence-electron chi connectivity index (χ2n) is 4.27. The number of non-ortho nitro benzene ring substituents is 1. The van der Waals surface area contributed by atoms with Crippen molar-refractivity contribution < 1.29 is 10.0 Å². The van der Waals surface area contributed by atoms with E-state index in [4.69, 9.17) is 5.11 Å². The van der Waals surface area contributed by atoms with Crippen molar-refractivity contribution in [2.75, 3.05) is 18.5 Å². The minimum absolute atomic E-state index is 0.0448. The van der Waals surface area contributed by atoms with Crippen molar-refractivity contribution in [1.82, 2.24) is 4.98 Å². The van der Waals surface area contributed by atoms with Gasteiger partial charge >= 0.3 is 0 Å². The monoisotopic (exact) mass is 261 g/mol. The van der Waals surface area contributed by atoms with Crippen LogP contribution >= 0.6 is 0 Å². The summed E-state index contributed by atoms with van der Waals surface area (Å²) >= 11 is 0. The van der Waals surface area contributed by atoms with Gasteiger partial charge in [0.1, 0.15) is 0 Å². The molecule has 100 valence electrons. The van der Waals surface area contributed by atoms with E-state index < -0.39 is 4.92 Å². The van der Waals surface area contributed by atoms with Gasteiger partial charge in [-0.25, -0.2) is 0 Å². The van der Waals surface area contributed by atoms with Crippen LogP contribution in [0.5, 0.6) is 0 Å². The van der Waals surface area contributed by atoms with Crippen LogP contribution in [-0.4, -0.2) is 28.2 Å². The van der Waals surface area contributed by atoms with Crippen molar-refractivity contribution in [3.05, 3.63) is 40.1 Å². The molecule has 0 atom stereocenters. The first-order valence-corrected chi connectivity index (χ1v) is 6.02. The fraction of sp³-hybridized carbons (Fsp3) is 0.308. The molecule has 19 heavy (non-hydrogen) atoms. The standard InChI is InChI=1S/C13H15N3O3/c1-9-7-13(14-5-2-6-17)11-8-10(16(18)19)3-4-12(11)15-9/h3-4,7-8,17H,2,5-6H2,1H3,(H,14,15). The van der Waals surface area contributed by atoms with Crippen LogP contribution in [0.1, 0.15) is 12.1 Å². The number of nitrogens with one attached hydrogen (secondary N) is 1. The number of aliphatic hydroxyl groups is 1. The molecular weight excluding hydrogens is 246 g/mol. The van der Waals surface area contributed by atoms with Crippen LogP contribution in [0.4, 0.5) is 11.4 Å². The number of nitro benzene ring substituents is 1. The first kappa shape index (κ1) is 13.2. The molecule has 2 rings (SSSR count). The van der Waals surface area contributed by atoms with Gasteiger partial charge in [-0.05, 0) is 25.5 Å². The Morgan fingerprint density at radius 2 is 2.21 bits per heavy atom. The summed E-state index contributed by atoms with van der Waals surface area (Å²) in [6, 6.07) is 6.47. The van der Waals surface area contributed by atoms with Gasteiger partial charge in [-0.15, -0.1) is 0 Å². The molecule has 1 aromatic carbocycles. The Morgan fingerprint density at radius 3 is 2.89 bits per heavy atom. The van der Waals surface area contributed by atoms with E-state index >= 15 is 0 Å². The molecule has 0 unspecified atom stereocenters. The number of hydrogen-bond donors (Lipinski definition) is 2. The summed E-state index contributed by atoms with van der Waals surface area (Å²) in [5.74, 6) is 0. The van der Waals surface area contributed by atoms with E-state index in [1.54, 1.807) is 6.07 Å². The molecule has 0 bridgehead atoms. The number of hydrogen-bond acceptors (Lipinski definition) is 5. The van der Waals surface area contributed by atoms with Gasteiger partial charge in [-0.2, -0.15) is 0 Å². The Hall–Kier alpha value is -2.21. The number of benzene rings is 1. The van der Waals surface area contributed by atoms with Crippen molar-refractivity contribution in [1.29, 1.82) is 0 Å². The van der Waals surface area contributed by atoms with Crippen molar-refractivity contribution in [3.8, 4) is 0 Å². The highest BCUT2D eigenvalue weighted by atomic mass is 16.6. The fourth-order valence-electron chi connectivity index (χ4n) is 1.91. The molecule has 6 nitrogen and oxygen atoms in total. The molecular formula is C13H15N3O3. The van der Waals surface area contributed by atoms with Gasteiger partial charge in [-0.3, -0.25) is 15.1 Å². The van der Waals surface area contributed by atoms with Crippen molar-refractivity contribution >= 4 is 22.3 Å². The predicted molar refractivity (Wildman–Crippen MR) is 73.3 cm³/mol. The predicted octanol–water partition coefficient (Wildman–Crippen LogP) is 2.25. The van der Waals surface area contributed by atoms with E-state index in [9.17, 15) is 10.1 Å². The molecule has 6 heteroatoms. The highest BCUT2D eigenvalue weighted by Gasteiger charge is 2.10. The van der Waals surface area contributed by atoms with E-state index in [-0.39, 0.29) is 12.3 Å². The molecule has 0 spiro atoms. The van der Waals surface area contributed by atoms with Gasteiger partial charge in [0.2, 0.25) is 0 Å². The summed E-state index contributed by atoms with van der Waals surface area (Å²) < 4.78 is 0. The molecule has 0 radical (unpaired) electrons. The maximum absolute atomic E-state index is 10.8. The Labute approximate surface area is 110 Å². The van der Waals surface area contributed by atoms with Gasteiger partial charge in [0.15, 0.2) is 0 Å². The Morgan fingerprint density at radius 1 is 1.42 bits per heavy atom. The third-order valence-corrected chi connectivity index (χ3v) is 2.78. The van der Waals surface area contributed by atoms with Crippen LogP contribution in [-0.2, 0) is 0 Å². The fourth-order valence-corrected chi connectivity index (χ4v) is 1.91. The van der Waals surface area contributed by atoms with Crippen molar-refractivity contribution in [3.63, 3.8) is 0 Å². The molecule has 0 fully saturated rings. The number of anilines is 1. The summed E-state index contributed by atoms with van der Waals surface area (Å²) in [5.41, 5.74) is 2.41. The number of fused-ring (bicyclic) bond motifs is 1. The molecule has 0 saturated carbocycles. The van der Waals surface area contributed by atoms with E-state index in [0.29, 0.717) is 13.0 Å². The maximum Gasteiger partial charge on any atom is 0.270 e. The zero-order valence-electron chi connectivity index (χ0n) is 10.6. The lowest BCUT2D eigenvalue weighted by molar-refractivity contribution is -0.384. The molecule has 0 aliphatic rings. The second kappa shape index (κ2) is 5.62. The topological polar surface area (TPSA) is 88.3 Å². The summed E-state index contributed by atoms with van der Waals surface area (Å²) in [5, 5.41) is 23.5. The maximum atomic E-state index is 10.8. The van der Waals surface area contributed by atoms with Gasteiger partial charge in [-0.1, -0.05) is 0 Å². The molecule has 0 aliphatic carbocycles. The molecule has 1 aromatic heterocycles. The summed E-state index contributed by atoms with van der Waals surface area (Å²) in [6.45, 7) is 2.59.